The van der Waals surface area contributed by atoms with Crippen LogP contribution in [0.2, 0.25) is 0 Å². The number of ether oxygens (including phenoxy) is 2. The normalized spacial score (nSPS) is 20.0. The summed E-state index contributed by atoms with van der Waals surface area (Å²) in [5, 5.41) is 3.88. The fourth-order valence-corrected chi connectivity index (χ4v) is 8.48. The lowest BCUT2D eigenvalue weighted by Crippen LogP contribution is -2.42. The SMILES string of the molecule is COCCCN1c2ccc(C)cc2C(C)(C)C1C/C=C1\CCC(/C=C/C2=[N+](CCCOC)c3ccc(C)cc3C2(C)C)=C1Nc1ccccc1. The number of hydrogen-bond donors (Lipinski definition) is 1. The summed E-state index contributed by atoms with van der Waals surface area (Å²) >= 11 is 0. The fourth-order valence-electron chi connectivity index (χ4n) is 8.48. The van der Waals surface area contributed by atoms with Gasteiger partial charge in [0.2, 0.25) is 5.69 Å². The van der Waals surface area contributed by atoms with Crippen molar-refractivity contribution in [2.24, 2.45) is 0 Å². The van der Waals surface area contributed by atoms with Crippen LogP contribution < -0.4 is 10.2 Å². The van der Waals surface area contributed by atoms with Crippen molar-refractivity contribution in [1.29, 1.82) is 0 Å². The first-order chi connectivity index (χ1) is 24.1. The predicted octanol–water partition coefficient (Wildman–Crippen LogP) is 9.95. The minimum atomic E-state index is -0.0938. The maximum absolute atomic E-state index is 5.48. The second kappa shape index (κ2) is 15.1. The van der Waals surface area contributed by atoms with Crippen LogP contribution in [0.3, 0.4) is 0 Å². The molecule has 1 atom stereocenters. The van der Waals surface area contributed by atoms with Crippen LogP contribution in [-0.2, 0) is 20.3 Å². The molecule has 0 amide bonds. The molecule has 50 heavy (non-hydrogen) atoms. The molecule has 0 saturated heterocycles. The molecule has 0 aromatic heterocycles. The summed E-state index contributed by atoms with van der Waals surface area (Å²) in [6.45, 7) is 17.5. The predicted molar refractivity (Wildman–Crippen MR) is 210 cm³/mol. The Morgan fingerprint density at radius 3 is 2.28 bits per heavy atom. The molecule has 0 radical (unpaired) electrons. The molecule has 0 bridgehead atoms. The topological polar surface area (TPSA) is 36.7 Å². The lowest BCUT2D eigenvalue weighted by atomic mass is 9.78. The van der Waals surface area contributed by atoms with E-state index in [0.29, 0.717) is 6.04 Å². The van der Waals surface area contributed by atoms with Crippen molar-refractivity contribution in [3.05, 3.63) is 124 Å². The van der Waals surface area contributed by atoms with Gasteiger partial charge in [-0.15, -0.1) is 0 Å². The molecule has 6 rings (SSSR count). The fraction of sp³-hybridized carbons (Fsp3) is 0.444. The summed E-state index contributed by atoms with van der Waals surface area (Å²) in [7, 11) is 3.60. The Labute approximate surface area is 301 Å². The van der Waals surface area contributed by atoms with Crippen LogP contribution in [0.4, 0.5) is 17.1 Å². The third-order valence-corrected chi connectivity index (χ3v) is 11.3. The maximum atomic E-state index is 5.48. The zero-order chi connectivity index (χ0) is 35.5. The molecule has 3 aromatic carbocycles. The van der Waals surface area contributed by atoms with E-state index in [1.165, 1.54) is 56.2 Å². The number of benzene rings is 3. The van der Waals surface area contributed by atoms with E-state index in [-0.39, 0.29) is 10.8 Å². The van der Waals surface area contributed by atoms with Crippen molar-refractivity contribution in [3.8, 4) is 0 Å². The lowest BCUT2D eigenvalue weighted by Gasteiger charge is -2.34. The number of nitrogens with one attached hydrogen (secondary N) is 1. The number of nitrogens with zero attached hydrogens (tertiary/aromatic N) is 2. The summed E-state index contributed by atoms with van der Waals surface area (Å²) in [6, 6.07) is 25.0. The van der Waals surface area contributed by atoms with Crippen molar-refractivity contribution in [2.75, 3.05) is 50.7 Å². The lowest BCUT2D eigenvalue weighted by molar-refractivity contribution is -0.438. The summed E-state index contributed by atoms with van der Waals surface area (Å²) < 4.78 is 13.5. The van der Waals surface area contributed by atoms with Crippen molar-refractivity contribution in [1.82, 2.24) is 0 Å². The van der Waals surface area contributed by atoms with Crippen LogP contribution in [0.1, 0.15) is 82.1 Å². The molecule has 2 heterocycles. The third kappa shape index (κ3) is 7.13. The van der Waals surface area contributed by atoms with Gasteiger partial charge in [0.15, 0.2) is 12.3 Å². The number of hydrogen-bond acceptors (Lipinski definition) is 4. The molecule has 264 valence electrons. The molecule has 0 spiro atoms. The standard InChI is InChI=1S/C45H57N3O2/c1-32-16-22-39-37(30-32)44(3,4)41(47(39)26-12-28-49-7)24-20-34-18-19-35(43(34)46-36-14-10-9-11-15-36)21-25-42-45(5,6)38-31-33(2)17-23-40(38)48(42)27-13-29-50-8/h9-11,14-17,20-24,30-31,42H,12-13,18-19,25-29H2,1-8H3/p+1/b35-21+. The quantitative estimate of drug-likeness (QED) is 0.137. The molecular formula is C45H58N3O2+. The average Bonchev–Trinajstić information content (AvgIpc) is 3.64. The molecule has 3 aliphatic rings. The van der Waals surface area contributed by atoms with Crippen LogP contribution in [-0.4, -0.2) is 56.9 Å². The molecule has 0 saturated carbocycles. The van der Waals surface area contributed by atoms with Gasteiger partial charge in [-0.05, 0) is 94.4 Å². The zero-order valence-corrected chi connectivity index (χ0v) is 31.7. The molecule has 0 fully saturated rings. The highest BCUT2D eigenvalue weighted by molar-refractivity contribution is 6.03. The largest absolute Gasteiger partial charge is 0.385 e. The monoisotopic (exact) mass is 672 g/mol. The highest BCUT2D eigenvalue weighted by atomic mass is 16.5. The Bertz CT molecular complexity index is 1810. The Hall–Kier alpha value is -3.93. The summed E-state index contributed by atoms with van der Waals surface area (Å²) in [6.07, 6.45) is 12.4. The zero-order valence-electron chi connectivity index (χ0n) is 31.7. The van der Waals surface area contributed by atoms with Crippen molar-refractivity contribution in [2.45, 2.75) is 90.5 Å². The second-order valence-electron chi connectivity index (χ2n) is 15.5. The van der Waals surface area contributed by atoms with Crippen LogP contribution in [0.5, 0.6) is 0 Å². The molecule has 5 nitrogen and oxygen atoms in total. The molecule has 5 heteroatoms. The molecular weight excluding hydrogens is 615 g/mol. The summed E-state index contributed by atoms with van der Waals surface area (Å²) in [5.41, 5.74) is 14.7. The number of aryl methyl sites for hydroxylation is 2. The molecule has 1 aliphatic carbocycles. The van der Waals surface area contributed by atoms with E-state index in [0.717, 1.165) is 64.1 Å². The molecule has 3 aromatic rings. The Balaban J connectivity index is 1.36. The van der Waals surface area contributed by atoms with E-state index in [2.05, 4.69) is 141 Å². The molecule has 2 aliphatic heterocycles. The Morgan fingerprint density at radius 2 is 1.54 bits per heavy atom. The van der Waals surface area contributed by atoms with Gasteiger partial charge in [-0.3, -0.25) is 0 Å². The summed E-state index contributed by atoms with van der Waals surface area (Å²) in [4.78, 5) is 2.66. The second-order valence-corrected chi connectivity index (χ2v) is 15.5. The molecule has 1 N–H and O–H groups in total. The number of rotatable bonds is 14. The summed E-state index contributed by atoms with van der Waals surface area (Å²) in [5.74, 6) is 0. The maximum Gasteiger partial charge on any atom is 0.209 e. The minimum absolute atomic E-state index is 0.0356. The first-order valence-corrected chi connectivity index (χ1v) is 18.6. The first-order valence-electron chi connectivity index (χ1n) is 18.6. The average molecular weight is 673 g/mol. The first kappa shape index (κ1) is 35.9. The number of para-hydroxylation sites is 1. The van der Waals surface area contributed by atoms with Gasteiger partial charge < -0.3 is 19.7 Å². The smallest absolute Gasteiger partial charge is 0.209 e. The van der Waals surface area contributed by atoms with E-state index in [1.807, 2.05) is 0 Å². The third-order valence-electron chi connectivity index (χ3n) is 11.3. The van der Waals surface area contributed by atoms with E-state index >= 15 is 0 Å². The Morgan fingerprint density at radius 1 is 0.840 bits per heavy atom. The Kier molecular flexibility index (Phi) is 10.9. The van der Waals surface area contributed by atoms with Gasteiger partial charge in [-0.2, -0.15) is 4.58 Å². The van der Waals surface area contributed by atoms with E-state index in [9.17, 15) is 0 Å². The van der Waals surface area contributed by atoms with Crippen LogP contribution in [0.15, 0.2) is 102 Å². The van der Waals surface area contributed by atoms with E-state index < -0.39 is 0 Å². The minimum Gasteiger partial charge on any atom is -0.385 e. The number of methoxy groups -OCH3 is 2. The van der Waals surface area contributed by atoms with Gasteiger partial charge in [0.05, 0.1) is 12.0 Å². The highest BCUT2D eigenvalue weighted by Gasteiger charge is 2.45. The highest BCUT2D eigenvalue weighted by Crippen LogP contribution is 2.48. The number of anilines is 2. The number of fused-ring (bicyclic) bond motifs is 2. The van der Waals surface area contributed by atoms with Gasteiger partial charge in [0.1, 0.15) is 0 Å². The van der Waals surface area contributed by atoms with Gasteiger partial charge in [-0.1, -0.05) is 73.5 Å². The molecule has 1 unspecified atom stereocenters. The van der Waals surface area contributed by atoms with Crippen molar-refractivity contribution in [3.63, 3.8) is 0 Å². The van der Waals surface area contributed by atoms with Crippen LogP contribution in [0.25, 0.3) is 0 Å². The van der Waals surface area contributed by atoms with Crippen molar-refractivity contribution < 1.29 is 14.0 Å². The van der Waals surface area contributed by atoms with Gasteiger partial charge >= 0.3 is 0 Å². The van der Waals surface area contributed by atoms with Crippen LogP contribution in [0, 0.1) is 13.8 Å². The van der Waals surface area contributed by atoms with Crippen LogP contribution >= 0.6 is 0 Å². The van der Waals surface area contributed by atoms with E-state index in [1.54, 1.807) is 14.2 Å². The number of allylic oxidation sites excluding steroid dienone is 4. The van der Waals surface area contributed by atoms with Gasteiger partial charge in [0, 0.05) is 80.0 Å². The van der Waals surface area contributed by atoms with E-state index in [4.69, 9.17) is 9.47 Å². The van der Waals surface area contributed by atoms with Gasteiger partial charge in [-0.25, -0.2) is 0 Å². The van der Waals surface area contributed by atoms with Crippen molar-refractivity contribution >= 4 is 22.8 Å². The van der Waals surface area contributed by atoms with Gasteiger partial charge in [0.25, 0.3) is 0 Å².